The highest BCUT2D eigenvalue weighted by atomic mass is 32.2. The van der Waals surface area contributed by atoms with Crippen LogP contribution < -0.4 is 9.64 Å². The summed E-state index contributed by atoms with van der Waals surface area (Å²) in [6.07, 6.45) is 0.363. The molecule has 0 saturated carbocycles. The quantitative estimate of drug-likeness (QED) is 0.683. The van der Waals surface area contributed by atoms with Gasteiger partial charge in [-0.15, -0.1) is 11.8 Å². The largest absolute Gasteiger partial charge is 0.492 e. The van der Waals surface area contributed by atoms with Gasteiger partial charge in [-0.25, -0.2) is 0 Å². The highest BCUT2D eigenvalue weighted by Crippen LogP contribution is 2.34. The third kappa shape index (κ3) is 5.15. The predicted octanol–water partition coefficient (Wildman–Crippen LogP) is 2.74. The van der Waals surface area contributed by atoms with Crippen molar-refractivity contribution in [1.29, 1.82) is 0 Å². The third-order valence-electron chi connectivity index (χ3n) is 5.50. The van der Waals surface area contributed by atoms with Gasteiger partial charge in [-0.05, 0) is 24.3 Å². The van der Waals surface area contributed by atoms with E-state index in [4.69, 9.17) is 4.74 Å². The van der Waals surface area contributed by atoms with Gasteiger partial charge < -0.3 is 14.5 Å². The Morgan fingerprint density at radius 1 is 0.933 bits per heavy atom. The number of nitrogens with zero attached hydrogens (tertiary/aromatic N) is 3. The molecule has 2 aliphatic heterocycles. The van der Waals surface area contributed by atoms with Crippen molar-refractivity contribution in [3.63, 3.8) is 0 Å². The number of hydrogen-bond donors (Lipinski definition) is 0. The third-order valence-corrected chi connectivity index (χ3v) is 6.55. The first-order valence-corrected chi connectivity index (χ1v) is 11.4. The summed E-state index contributed by atoms with van der Waals surface area (Å²) < 4.78 is 5.77. The molecule has 1 fully saturated rings. The average Bonchev–Trinajstić information content (AvgIpc) is 2.79. The molecule has 7 heteroatoms. The van der Waals surface area contributed by atoms with Gasteiger partial charge in [0.25, 0.3) is 0 Å². The number of fused-ring (bicyclic) bond motifs is 1. The number of amides is 2. The minimum atomic E-state index is 0.0785. The van der Waals surface area contributed by atoms with E-state index in [2.05, 4.69) is 4.90 Å². The second-order valence-corrected chi connectivity index (χ2v) is 8.45. The van der Waals surface area contributed by atoms with E-state index in [1.807, 2.05) is 59.5 Å². The summed E-state index contributed by atoms with van der Waals surface area (Å²) in [5, 5.41) is 0. The smallest absolute Gasteiger partial charge is 0.237 e. The van der Waals surface area contributed by atoms with E-state index in [9.17, 15) is 9.59 Å². The lowest BCUT2D eigenvalue weighted by atomic mass is 10.2. The Bertz CT molecular complexity index is 869. The van der Waals surface area contributed by atoms with Crippen molar-refractivity contribution in [2.45, 2.75) is 11.3 Å². The number of thioether (sulfide) groups is 1. The number of carbonyl (C=O) groups excluding carboxylic acids is 2. The fraction of sp³-hybridized carbons (Fsp3) is 0.391. The Balaban J connectivity index is 1.20. The predicted molar refractivity (Wildman–Crippen MR) is 119 cm³/mol. The number of rotatable bonds is 7. The summed E-state index contributed by atoms with van der Waals surface area (Å²) in [6, 6.07) is 17.7. The van der Waals surface area contributed by atoms with Crippen molar-refractivity contribution in [2.24, 2.45) is 0 Å². The maximum atomic E-state index is 12.7. The van der Waals surface area contributed by atoms with Gasteiger partial charge in [0.05, 0.1) is 11.4 Å². The average molecular weight is 426 g/mol. The highest BCUT2D eigenvalue weighted by Gasteiger charge is 2.26. The van der Waals surface area contributed by atoms with Crippen LogP contribution in [0.2, 0.25) is 0 Å². The normalized spacial score (nSPS) is 17.0. The van der Waals surface area contributed by atoms with Gasteiger partial charge in [0, 0.05) is 50.6 Å². The minimum Gasteiger partial charge on any atom is -0.492 e. The van der Waals surface area contributed by atoms with Crippen LogP contribution in [0.3, 0.4) is 0 Å². The Morgan fingerprint density at radius 2 is 1.67 bits per heavy atom. The molecular weight excluding hydrogens is 398 g/mol. The summed E-state index contributed by atoms with van der Waals surface area (Å²) in [6.45, 7) is 5.10. The molecule has 0 atom stereocenters. The molecule has 30 heavy (non-hydrogen) atoms. The fourth-order valence-electron chi connectivity index (χ4n) is 3.79. The van der Waals surface area contributed by atoms with Crippen LogP contribution in [0.15, 0.2) is 59.5 Å². The number of benzene rings is 2. The lowest BCUT2D eigenvalue weighted by molar-refractivity contribution is -0.132. The number of anilines is 1. The molecule has 0 spiro atoms. The van der Waals surface area contributed by atoms with Crippen molar-refractivity contribution in [3.8, 4) is 5.75 Å². The monoisotopic (exact) mass is 425 g/mol. The van der Waals surface area contributed by atoms with Gasteiger partial charge >= 0.3 is 0 Å². The molecule has 2 heterocycles. The number of ether oxygens (including phenoxy) is 1. The topological polar surface area (TPSA) is 53.1 Å². The summed E-state index contributed by atoms with van der Waals surface area (Å²) in [4.78, 5) is 32.2. The standard InChI is InChI=1S/C23H27N3O3S/c27-22(10-11-26-20-8-4-5-9-21(20)30-18-23(26)28)25-14-12-24(13-15-25)16-17-29-19-6-2-1-3-7-19/h1-9H,10-18H2. The van der Waals surface area contributed by atoms with Crippen LogP contribution in [0.4, 0.5) is 5.69 Å². The number of carbonyl (C=O) groups is 2. The number of para-hydroxylation sites is 2. The zero-order chi connectivity index (χ0) is 20.8. The first kappa shape index (κ1) is 20.8. The lowest BCUT2D eigenvalue weighted by Crippen LogP contribution is -2.50. The number of hydrogen-bond acceptors (Lipinski definition) is 5. The molecule has 6 nitrogen and oxygen atoms in total. The van der Waals surface area contributed by atoms with Crippen molar-refractivity contribution in [3.05, 3.63) is 54.6 Å². The van der Waals surface area contributed by atoms with Gasteiger partial charge in [-0.1, -0.05) is 30.3 Å². The van der Waals surface area contributed by atoms with Gasteiger partial charge in [0.15, 0.2) is 0 Å². The molecule has 1 saturated heterocycles. The molecule has 158 valence electrons. The summed E-state index contributed by atoms with van der Waals surface area (Å²) in [7, 11) is 0. The maximum absolute atomic E-state index is 12.7. The molecule has 0 radical (unpaired) electrons. The van der Waals surface area contributed by atoms with Gasteiger partial charge in [-0.3, -0.25) is 14.5 Å². The molecule has 2 aliphatic rings. The van der Waals surface area contributed by atoms with Gasteiger partial charge in [0.2, 0.25) is 11.8 Å². The maximum Gasteiger partial charge on any atom is 0.237 e. The molecule has 2 aromatic rings. The fourth-order valence-corrected chi connectivity index (χ4v) is 4.73. The second kappa shape index (κ2) is 10.00. The van der Waals surface area contributed by atoms with Crippen molar-refractivity contribution < 1.29 is 14.3 Å². The highest BCUT2D eigenvalue weighted by molar-refractivity contribution is 8.00. The van der Waals surface area contributed by atoms with E-state index in [1.165, 1.54) is 0 Å². The van der Waals surface area contributed by atoms with Crippen LogP contribution in [0.1, 0.15) is 6.42 Å². The Morgan fingerprint density at radius 3 is 2.47 bits per heavy atom. The Hall–Kier alpha value is -2.51. The number of piperazine rings is 1. The molecule has 0 N–H and O–H groups in total. The molecule has 0 unspecified atom stereocenters. The molecule has 0 aromatic heterocycles. The minimum absolute atomic E-state index is 0.0785. The van der Waals surface area contributed by atoms with E-state index in [1.54, 1.807) is 16.7 Å². The van der Waals surface area contributed by atoms with Crippen molar-refractivity contribution in [2.75, 3.05) is 56.5 Å². The van der Waals surface area contributed by atoms with Gasteiger partial charge in [0.1, 0.15) is 12.4 Å². The molecule has 0 bridgehead atoms. The zero-order valence-corrected chi connectivity index (χ0v) is 17.9. The van der Waals surface area contributed by atoms with Crippen LogP contribution in [0.5, 0.6) is 5.75 Å². The first-order chi connectivity index (χ1) is 14.7. The molecule has 4 rings (SSSR count). The second-order valence-electron chi connectivity index (χ2n) is 7.44. The van der Waals surface area contributed by atoms with Crippen LogP contribution in [-0.2, 0) is 9.59 Å². The van der Waals surface area contributed by atoms with Crippen LogP contribution in [-0.4, -0.2) is 73.2 Å². The molecule has 2 aromatic carbocycles. The zero-order valence-electron chi connectivity index (χ0n) is 17.0. The van der Waals surface area contributed by atoms with Crippen molar-refractivity contribution >= 4 is 29.3 Å². The van der Waals surface area contributed by atoms with Crippen LogP contribution in [0, 0.1) is 0 Å². The van der Waals surface area contributed by atoms with Crippen LogP contribution >= 0.6 is 11.8 Å². The SMILES string of the molecule is O=C(CCN1C(=O)CSc2ccccc21)N1CCN(CCOc2ccccc2)CC1. The summed E-state index contributed by atoms with van der Waals surface area (Å²) in [5.41, 5.74) is 0.926. The first-order valence-electron chi connectivity index (χ1n) is 10.4. The summed E-state index contributed by atoms with van der Waals surface area (Å²) >= 11 is 1.57. The summed E-state index contributed by atoms with van der Waals surface area (Å²) in [5.74, 6) is 1.53. The Kier molecular flexibility index (Phi) is 6.92. The van der Waals surface area contributed by atoms with Crippen LogP contribution in [0.25, 0.3) is 0 Å². The molecule has 0 aliphatic carbocycles. The Labute approximate surface area is 181 Å². The van der Waals surface area contributed by atoms with E-state index < -0.39 is 0 Å². The van der Waals surface area contributed by atoms with E-state index in [0.717, 1.165) is 49.1 Å². The van der Waals surface area contributed by atoms with E-state index >= 15 is 0 Å². The lowest BCUT2D eigenvalue weighted by Gasteiger charge is -2.35. The molecule has 2 amide bonds. The molecular formula is C23H27N3O3S. The van der Waals surface area contributed by atoms with Gasteiger partial charge in [-0.2, -0.15) is 0 Å². The van der Waals surface area contributed by atoms with E-state index in [-0.39, 0.29) is 11.8 Å². The van der Waals surface area contributed by atoms with Crippen molar-refractivity contribution in [1.82, 2.24) is 9.80 Å². The van der Waals surface area contributed by atoms with E-state index in [0.29, 0.717) is 25.3 Å².